The number of benzene rings is 2. The molecular formula is C23H29NO2S. The summed E-state index contributed by atoms with van der Waals surface area (Å²) >= 11 is 0. The summed E-state index contributed by atoms with van der Waals surface area (Å²) in [6, 6.07) is 14.2. The minimum Gasteiger partial charge on any atom is -0.207 e. The maximum absolute atomic E-state index is 13.3. The third-order valence-electron chi connectivity index (χ3n) is 5.24. The monoisotopic (exact) mass is 383 g/mol. The predicted molar refractivity (Wildman–Crippen MR) is 112 cm³/mol. The molecule has 0 atom stereocenters. The summed E-state index contributed by atoms with van der Waals surface area (Å²) in [6.07, 6.45) is 2.78. The van der Waals surface area contributed by atoms with Crippen LogP contribution in [0.25, 0.3) is 5.57 Å². The third kappa shape index (κ3) is 4.02. The molecule has 2 aromatic rings. The first-order valence-electron chi connectivity index (χ1n) is 9.47. The zero-order valence-corrected chi connectivity index (χ0v) is 17.7. The topological polar surface area (TPSA) is 37.4 Å². The van der Waals surface area contributed by atoms with Gasteiger partial charge in [0.15, 0.2) is 0 Å². The Morgan fingerprint density at radius 1 is 0.963 bits per heavy atom. The summed E-state index contributed by atoms with van der Waals surface area (Å²) < 4.78 is 28.3. The van der Waals surface area contributed by atoms with E-state index in [4.69, 9.17) is 0 Å². The van der Waals surface area contributed by atoms with Crippen LogP contribution in [0.2, 0.25) is 0 Å². The average Bonchev–Trinajstić information content (AvgIpc) is 2.61. The van der Waals surface area contributed by atoms with Crippen molar-refractivity contribution in [1.82, 2.24) is 4.31 Å². The number of hydrogen-bond acceptors (Lipinski definition) is 2. The normalized spacial score (nSPS) is 16.3. The van der Waals surface area contributed by atoms with Gasteiger partial charge in [-0.2, -0.15) is 4.31 Å². The van der Waals surface area contributed by atoms with Crippen LogP contribution in [0.4, 0.5) is 0 Å². The fraction of sp³-hybridized carbons (Fsp3) is 0.391. The van der Waals surface area contributed by atoms with E-state index in [1.807, 2.05) is 50.3 Å². The van der Waals surface area contributed by atoms with Crippen molar-refractivity contribution in [3.63, 3.8) is 0 Å². The van der Waals surface area contributed by atoms with Crippen LogP contribution in [0.15, 0.2) is 53.4 Å². The van der Waals surface area contributed by atoms with Gasteiger partial charge in [-0.1, -0.05) is 69.3 Å². The Kier molecular flexibility index (Phi) is 5.33. The molecule has 0 bridgehead atoms. The summed E-state index contributed by atoms with van der Waals surface area (Å²) in [5.41, 5.74) is 5.22. The van der Waals surface area contributed by atoms with Gasteiger partial charge >= 0.3 is 0 Å². The fourth-order valence-corrected chi connectivity index (χ4v) is 5.49. The summed E-state index contributed by atoms with van der Waals surface area (Å²) in [6.45, 7) is 11.2. The molecule has 27 heavy (non-hydrogen) atoms. The molecule has 0 spiro atoms. The molecule has 1 heterocycles. The van der Waals surface area contributed by atoms with Crippen molar-refractivity contribution in [1.29, 1.82) is 0 Å². The van der Waals surface area contributed by atoms with Gasteiger partial charge < -0.3 is 0 Å². The van der Waals surface area contributed by atoms with Crippen LogP contribution in [0.5, 0.6) is 0 Å². The Morgan fingerprint density at radius 3 is 2.04 bits per heavy atom. The van der Waals surface area contributed by atoms with Crippen LogP contribution in [-0.4, -0.2) is 25.8 Å². The highest BCUT2D eigenvalue weighted by Crippen LogP contribution is 2.32. The van der Waals surface area contributed by atoms with Crippen molar-refractivity contribution in [3.05, 3.63) is 70.8 Å². The molecule has 0 unspecified atom stereocenters. The van der Waals surface area contributed by atoms with Crippen molar-refractivity contribution in [3.8, 4) is 0 Å². The van der Waals surface area contributed by atoms with E-state index in [0.29, 0.717) is 18.0 Å². The first-order valence-corrected chi connectivity index (χ1v) is 10.9. The molecule has 0 aromatic heterocycles. The van der Waals surface area contributed by atoms with Gasteiger partial charge in [0, 0.05) is 13.1 Å². The van der Waals surface area contributed by atoms with Gasteiger partial charge in [0.1, 0.15) is 0 Å². The van der Waals surface area contributed by atoms with Gasteiger partial charge in [0.2, 0.25) is 10.0 Å². The summed E-state index contributed by atoms with van der Waals surface area (Å²) in [7, 11) is -3.50. The van der Waals surface area contributed by atoms with Gasteiger partial charge in [-0.25, -0.2) is 8.42 Å². The van der Waals surface area contributed by atoms with Gasteiger partial charge in [0.05, 0.1) is 4.90 Å². The van der Waals surface area contributed by atoms with E-state index in [0.717, 1.165) is 17.5 Å². The van der Waals surface area contributed by atoms with Crippen LogP contribution in [0.1, 0.15) is 49.4 Å². The molecule has 3 nitrogen and oxygen atoms in total. The Hall–Kier alpha value is -1.91. The third-order valence-corrected chi connectivity index (χ3v) is 7.41. The number of sulfonamides is 1. The fourth-order valence-electron chi connectivity index (χ4n) is 3.70. The second-order valence-corrected chi connectivity index (χ2v) is 10.3. The lowest BCUT2D eigenvalue weighted by molar-refractivity contribution is 0.440. The molecule has 0 radical (unpaired) electrons. The molecule has 1 aliphatic rings. The maximum Gasteiger partial charge on any atom is 0.243 e. The summed E-state index contributed by atoms with van der Waals surface area (Å²) in [5, 5.41) is 0. The highest BCUT2D eigenvalue weighted by atomic mass is 32.2. The standard InChI is InChI=1S/C23H29NO2S/c1-17-15-21(23(3,4)5)16-18(2)22(17)27(25,26)24-13-11-20(12-14-24)19-9-7-6-8-10-19/h6-11,15-16H,12-14H2,1-5H3. The molecule has 2 aromatic carbocycles. The molecule has 0 N–H and O–H groups in total. The average molecular weight is 384 g/mol. The second kappa shape index (κ2) is 7.25. The van der Waals surface area contributed by atoms with Gasteiger partial charge in [0.25, 0.3) is 0 Å². The number of hydrogen-bond donors (Lipinski definition) is 0. The zero-order chi connectivity index (χ0) is 19.8. The Balaban J connectivity index is 1.91. The van der Waals surface area contributed by atoms with Crippen molar-refractivity contribution in [2.45, 2.75) is 51.3 Å². The minimum atomic E-state index is -3.50. The number of rotatable bonds is 3. The van der Waals surface area contributed by atoms with Gasteiger partial charge in [-0.3, -0.25) is 0 Å². The summed E-state index contributed by atoms with van der Waals surface area (Å²) in [4.78, 5) is 0.465. The molecule has 0 amide bonds. The molecular weight excluding hydrogens is 354 g/mol. The van der Waals surface area contributed by atoms with E-state index in [2.05, 4.69) is 32.9 Å². The molecule has 3 rings (SSSR count). The molecule has 0 saturated heterocycles. The van der Waals surface area contributed by atoms with Gasteiger partial charge in [-0.05, 0) is 53.5 Å². The summed E-state index contributed by atoms with van der Waals surface area (Å²) in [5.74, 6) is 0. The lowest BCUT2D eigenvalue weighted by atomic mass is 9.85. The molecule has 1 aliphatic heterocycles. The zero-order valence-electron chi connectivity index (χ0n) is 16.9. The molecule has 0 aliphatic carbocycles. The quantitative estimate of drug-likeness (QED) is 0.741. The highest BCUT2D eigenvalue weighted by molar-refractivity contribution is 7.89. The maximum atomic E-state index is 13.3. The van der Waals surface area contributed by atoms with Crippen molar-refractivity contribution in [2.75, 3.05) is 13.1 Å². The molecule has 0 saturated carbocycles. The second-order valence-electron chi connectivity index (χ2n) is 8.40. The highest BCUT2D eigenvalue weighted by Gasteiger charge is 2.30. The Bertz CT molecular complexity index is 944. The number of aryl methyl sites for hydroxylation is 2. The van der Waals surface area contributed by atoms with E-state index < -0.39 is 10.0 Å². The molecule has 0 fully saturated rings. The van der Waals surface area contributed by atoms with Crippen LogP contribution in [0.3, 0.4) is 0 Å². The van der Waals surface area contributed by atoms with Crippen LogP contribution in [-0.2, 0) is 15.4 Å². The molecule has 4 heteroatoms. The largest absolute Gasteiger partial charge is 0.243 e. The van der Waals surface area contributed by atoms with Crippen molar-refractivity contribution >= 4 is 15.6 Å². The van der Waals surface area contributed by atoms with E-state index in [-0.39, 0.29) is 5.41 Å². The lowest BCUT2D eigenvalue weighted by Crippen LogP contribution is -2.35. The van der Waals surface area contributed by atoms with E-state index >= 15 is 0 Å². The van der Waals surface area contributed by atoms with Gasteiger partial charge in [-0.15, -0.1) is 0 Å². The van der Waals surface area contributed by atoms with Crippen LogP contribution < -0.4 is 0 Å². The molecule has 144 valence electrons. The first-order chi connectivity index (χ1) is 12.6. The van der Waals surface area contributed by atoms with Crippen molar-refractivity contribution < 1.29 is 8.42 Å². The van der Waals surface area contributed by atoms with Crippen LogP contribution >= 0.6 is 0 Å². The van der Waals surface area contributed by atoms with Crippen molar-refractivity contribution in [2.24, 2.45) is 0 Å². The Labute approximate surface area is 163 Å². The minimum absolute atomic E-state index is 0.00371. The predicted octanol–water partition coefficient (Wildman–Crippen LogP) is 5.08. The van der Waals surface area contributed by atoms with E-state index in [9.17, 15) is 8.42 Å². The smallest absolute Gasteiger partial charge is 0.207 e. The Morgan fingerprint density at radius 2 is 1.56 bits per heavy atom. The number of nitrogens with zero attached hydrogens (tertiary/aromatic N) is 1. The first kappa shape index (κ1) is 19.8. The SMILES string of the molecule is Cc1cc(C(C)(C)C)cc(C)c1S(=O)(=O)N1CC=C(c2ccccc2)CC1. The van der Waals surface area contributed by atoms with Crippen LogP contribution in [0, 0.1) is 13.8 Å². The lowest BCUT2D eigenvalue weighted by Gasteiger charge is -2.28. The van der Waals surface area contributed by atoms with E-state index in [1.165, 1.54) is 16.7 Å². The van der Waals surface area contributed by atoms with E-state index in [1.54, 1.807) is 4.31 Å².